The van der Waals surface area contributed by atoms with Crippen LogP contribution in [-0.4, -0.2) is 52.5 Å². The summed E-state index contributed by atoms with van der Waals surface area (Å²) in [5.74, 6) is 0.00953. The van der Waals surface area contributed by atoms with Gasteiger partial charge in [0.25, 0.3) is 22.9 Å². The van der Waals surface area contributed by atoms with Gasteiger partial charge in [-0.1, -0.05) is 33.5 Å². The van der Waals surface area contributed by atoms with Crippen LogP contribution in [0.5, 0.6) is 11.5 Å². The first-order chi connectivity index (χ1) is 30.0. The number of pyridine rings is 4. The number of alkyl halides is 7. The van der Waals surface area contributed by atoms with Crippen LogP contribution in [0.25, 0.3) is 45.7 Å². The van der Waals surface area contributed by atoms with Crippen molar-refractivity contribution in [1.29, 1.82) is 0 Å². The van der Waals surface area contributed by atoms with Crippen molar-refractivity contribution in [2.45, 2.75) is 25.1 Å². The molecule has 0 bridgehead atoms. The number of H-pyrrole nitrogens is 1. The summed E-state index contributed by atoms with van der Waals surface area (Å²) >= 11 is 17.0. The van der Waals surface area contributed by atoms with E-state index in [0.29, 0.717) is 27.3 Å². The molecule has 2 aromatic carbocycles. The number of hydrogen-bond acceptors (Lipinski definition) is 12. The van der Waals surface area contributed by atoms with Crippen molar-refractivity contribution in [2.75, 3.05) is 0 Å². The van der Waals surface area contributed by atoms with Gasteiger partial charge in [0, 0.05) is 41.8 Å². The molecule has 6 aromatic heterocycles. The van der Waals surface area contributed by atoms with Crippen LogP contribution in [0.15, 0.2) is 140 Å². The lowest BCUT2D eigenvalue weighted by Crippen LogP contribution is -2.21. The van der Waals surface area contributed by atoms with Crippen LogP contribution in [0, 0.1) is 0 Å². The second kappa shape index (κ2) is 20.2. The molecular weight excluding hydrogens is 909 g/mol. The Morgan fingerprint density at radius 2 is 1.14 bits per heavy atom. The van der Waals surface area contributed by atoms with Crippen molar-refractivity contribution in [2.24, 2.45) is 0 Å². The molecule has 23 heteroatoms. The molecule has 1 N–H and O–H groups in total. The molecule has 8 aromatic rings. The summed E-state index contributed by atoms with van der Waals surface area (Å²) in [4.78, 5) is 42.9. The first-order valence-corrected chi connectivity index (χ1v) is 18.9. The van der Waals surface area contributed by atoms with Gasteiger partial charge >= 0.3 is 12.7 Å². The molecular formula is C40H25Cl3F6N8O6. The quantitative estimate of drug-likeness (QED) is 0.0825. The average molecular weight is 934 g/mol. The summed E-state index contributed by atoms with van der Waals surface area (Å²) in [7, 11) is 0. The number of hydrogen-bond donors (Lipinski definition) is 1. The minimum Gasteiger partial charge on any atom is -0.406 e. The van der Waals surface area contributed by atoms with Gasteiger partial charge in [-0.05, 0) is 108 Å². The Morgan fingerprint density at radius 1 is 0.651 bits per heavy atom. The van der Waals surface area contributed by atoms with E-state index < -0.39 is 18.3 Å². The SMILES string of the molecule is ClCc1ccnc(Cl)c1.O=c1[nH]cccc1-c1nc(-c2ccc(OC(F)(F)F)cc2)no1.O=c1c(-c2nc(-c3ccc(OC(F)(F)F)cc3)no2)cccn1Cc1ccnc(Cl)c1. The molecule has 324 valence electrons. The Kier molecular flexibility index (Phi) is 14.6. The topological polar surface area (TPSA) is 177 Å². The molecule has 14 nitrogen and oxygen atoms in total. The van der Waals surface area contributed by atoms with E-state index in [1.807, 2.05) is 6.07 Å². The first-order valence-electron chi connectivity index (χ1n) is 17.6. The first kappa shape index (κ1) is 45.5. The molecule has 0 spiro atoms. The number of nitrogens with zero attached hydrogens (tertiary/aromatic N) is 7. The predicted molar refractivity (Wildman–Crippen MR) is 216 cm³/mol. The maximum Gasteiger partial charge on any atom is 0.573 e. The number of ether oxygens (including phenoxy) is 2. The van der Waals surface area contributed by atoms with Crippen molar-refractivity contribution in [3.05, 3.63) is 164 Å². The van der Waals surface area contributed by atoms with Gasteiger partial charge in [0.15, 0.2) is 0 Å². The summed E-state index contributed by atoms with van der Waals surface area (Å²) in [6, 6.07) is 23.2. The van der Waals surface area contributed by atoms with E-state index in [4.69, 9.17) is 43.8 Å². The highest BCUT2D eigenvalue weighted by Gasteiger charge is 2.32. The highest BCUT2D eigenvalue weighted by molar-refractivity contribution is 6.29. The zero-order valence-corrected chi connectivity index (χ0v) is 33.7. The second-order valence-corrected chi connectivity index (χ2v) is 13.4. The molecule has 0 aliphatic rings. The van der Waals surface area contributed by atoms with E-state index >= 15 is 0 Å². The zero-order valence-electron chi connectivity index (χ0n) is 31.4. The summed E-state index contributed by atoms with van der Waals surface area (Å²) < 4.78 is 92.4. The van der Waals surface area contributed by atoms with Crippen LogP contribution in [0.4, 0.5) is 26.3 Å². The van der Waals surface area contributed by atoms with Crippen molar-refractivity contribution in [3.8, 4) is 57.2 Å². The summed E-state index contributed by atoms with van der Waals surface area (Å²) in [6.45, 7) is 0.260. The third kappa shape index (κ3) is 13.2. The van der Waals surface area contributed by atoms with Gasteiger partial charge in [0.1, 0.15) is 32.9 Å². The third-order valence-corrected chi connectivity index (χ3v) is 8.65. The van der Waals surface area contributed by atoms with Gasteiger partial charge in [-0.25, -0.2) is 9.97 Å². The smallest absolute Gasteiger partial charge is 0.406 e. The number of nitrogens with one attached hydrogen (secondary N) is 1. The molecule has 0 amide bonds. The molecule has 8 rings (SSSR count). The predicted octanol–water partition coefficient (Wildman–Crippen LogP) is 10.0. The van der Waals surface area contributed by atoms with Crippen LogP contribution in [0.2, 0.25) is 10.3 Å². The molecule has 0 atom stereocenters. The largest absolute Gasteiger partial charge is 0.573 e. The van der Waals surface area contributed by atoms with Gasteiger partial charge in [-0.15, -0.1) is 37.9 Å². The molecule has 63 heavy (non-hydrogen) atoms. The van der Waals surface area contributed by atoms with Crippen molar-refractivity contribution in [3.63, 3.8) is 0 Å². The molecule has 0 saturated carbocycles. The Bertz CT molecular complexity index is 2890. The lowest BCUT2D eigenvalue weighted by molar-refractivity contribution is -0.275. The molecule has 0 saturated heterocycles. The van der Waals surface area contributed by atoms with E-state index in [-0.39, 0.29) is 58.2 Å². The Labute approximate surface area is 364 Å². The summed E-state index contributed by atoms with van der Waals surface area (Å²) in [6.07, 6.45) is -3.29. The fraction of sp³-hybridized carbons (Fsp3) is 0.100. The normalized spacial score (nSPS) is 11.2. The van der Waals surface area contributed by atoms with Gasteiger partial charge in [0.2, 0.25) is 11.6 Å². The van der Waals surface area contributed by atoms with E-state index in [9.17, 15) is 35.9 Å². The summed E-state index contributed by atoms with van der Waals surface area (Å²) in [5, 5.41) is 8.33. The van der Waals surface area contributed by atoms with Crippen molar-refractivity contribution in [1.82, 2.24) is 39.8 Å². The van der Waals surface area contributed by atoms with Crippen molar-refractivity contribution >= 4 is 34.8 Å². The third-order valence-electron chi connectivity index (χ3n) is 7.93. The molecule has 0 aliphatic carbocycles. The maximum atomic E-state index is 12.8. The number of halogens is 9. The standard InChI is InChI=1S/C20H12ClF3N4O3.C14H8F3N3O3.C6H5Cl2N/c21-16-10-12(7-8-25-16)11-28-9-1-2-15(19(28)29)18-26-17(27-31-18)13-3-5-14(6-4-13)30-20(22,23)24;15-14(16,17)22-9-5-3-8(4-6-9)11-19-13(23-20-11)10-2-1-7-18-12(10)21;7-4-5-1-2-9-6(8)3-5/h1-10H,11H2;1-7H,(H,18,21);1-3H,4H2. The fourth-order valence-corrected chi connectivity index (χ4v) is 5.75. The van der Waals surface area contributed by atoms with Gasteiger partial charge in [-0.2, -0.15) is 9.97 Å². The van der Waals surface area contributed by atoms with Gasteiger partial charge in [0.05, 0.1) is 6.54 Å². The zero-order chi connectivity index (χ0) is 45.1. The number of benzene rings is 2. The lowest BCUT2D eigenvalue weighted by atomic mass is 10.2. The number of aromatic amines is 1. The van der Waals surface area contributed by atoms with Crippen LogP contribution >= 0.6 is 34.8 Å². The summed E-state index contributed by atoms with van der Waals surface area (Å²) in [5.41, 5.74) is 2.22. The van der Waals surface area contributed by atoms with Gasteiger partial charge in [-0.3, -0.25) is 9.59 Å². The lowest BCUT2D eigenvalue weighted by Gasteiger charge is -2.08. The van der Waals surface area contributed by atoms with E-state index in [2.05, 4.69) is 44.7 Å². The van der Waals surface area contributed by atoms with Gasteiger partial charge < -0.3 is 28.1 Å². The average Bonchev–Trinajstić information content (AvgIpc) is 3.93. The monoisotopic (exact) mass is 932 g/mol. The highest BCUT2D eigenvalue weighted by Crippen LogP contribution is 2.28. The molecule has 6 heterocycles. The Hall–Kier alpha value is -7.03. The minimum atomic E-state index is -4.78. The number of aromatic nitrogens is 8. The molecule has 0 fully saturated rings. The molecule has 0 aliphatic heterocycles. The van der Waals surface area contributed by atoms with Crippen LogP contribution in [-0.2, 0) is 12.4 Å². The highest BCUT2D eigenvalue weighted by atomic mass is 35.5. The van der Waals surface area contributed by atoms with Crippen LogP contribution in [0.1, 0.15) is 11.1 Å². The van der Waals surface area contributed by atoms with Crippen LogP contribution < -0.4 is 20.6 Å². The Morgan fingerprint density at radius 3 is 1.62 bits per heavy atom. The molecule has 0 unspecified atom stereocenters. The Balaban J connectivity index is 0.000000180. The minimum absolute atomic E-state index is 0.0115. The van der Waals surface area contributed by atoms with Crippen LogP contribution in [0.3, 0.4) is 0 Å². The fourth-order valence-electron chi connectivity index (χ4n) is 5.19. The van der Waals surface area contributed by atoms with E-state index in [1.54, 1.807) is 48.9 Å². The maximum absolute atomic E-state index is 12.8. The molecule has 0 radical (unpaired) electrons. The van der Waals surface area contributed by atoms with E-state index in [0.717, 1.165) is 35.4 Å². The van der Waals surface area contributed by atoms with Crippen molar-refractivity contribution < 1.29 is 44.9 Å². The number of rotatable bonds is 9. The van der Waals surface area contributed by atoms with E-state index in [1.165, 1.54) is 47.2 Å². The second-order valence-electron chi connectivity index (χ2n) is 12.4.